The minimum Gasteiger partial charge on any atom is -0.381 e. The van der Waals surface area contributed by atoms with Crippen LogP contribution in [0.1, 0.15) is 33.6 Å². The lowest BCUT2D eigenvalue weighted by Crippen LogP contribution is -2.26. The van der Waals surface area contributed by atoms with Crippen molar-refractivity contribution < 1.29 is 9.53 Å². The maximum Gasteiger partial charge on any atom is 0.224 e. The van der Waals surface area contributed by atoms with Crippen molar-refractivity contribution >= 4 is 5.91 Å². The predicted octanol–water partition coefficient (Wildman–Crippen LogP) is 1.92. The van der Waals surface area contributed by atoms with Crippen LogP contribution < -0.4 is 0 Å². The predicted molar refractivity (Wildman–Crippen MR) is 55.7 cm³/mol. The molecule has 0 radical (unpaired) electrons. The van der Waals surface area contributed by atoms with E-state index < -0.39 is 0 Å². The molecule has 0 spiro atoms. The van der Waals surface area contributed by atoms with Crippen LogP contribution in [0.25, 0.3) is 0 Å². The molecule has 0 N–H and O–H groups in total. The number of nitrogens with zero attached hydrogens (tertiary/aromatic N) is 1. The molecule has 0 saturated heterocycles. The van der Waals surface area contributed by atoms with E-state index in [1.165, 1.54) is 0 Å². The van der Waals surface area contributed by atoms with E-state index in [4.69, 9.17) is 4.74 Å². The summed E-state index contributed by atoms with van der Waals surface area (Å²) in [4.78, 5) is 12.7. The minimum absolute atomic E-state index is 0.0740. The molecule has 0 rings (SSSR count). The first-order valence-electron chi connectivity index (χ1n) is 4.84. The van der Waals surface area contributed by atoms with Crippen molar-refractivity contribution in [2.24, 2.45) is 0 Å². The van der Waals surface area contributed by atoms with Gasteiger partial charge in [-0.15, -0.1) is 0 Å². The second-order valence-corrected chi connectivity index (χ2v) is 2.76. The number of carbonyl (C=O) groups is 1. The Balaban J connectivity index is 0. The number of amides is 1. The molecule has 0 aliphatic rings. The zero-order valence-electron chi connectivity index (χ0n) is 9.76. The maximum atomic E-state index is 11.1. The van der Waals surface area contributed by atoms with Gasteiger partial charge >= 0.3 is 0 Å². The van der Waals surface area contributed by atoms with E-state index in [0.29, 0.717) is 6.42 Å². The highest BCUT2D eigenvalue weighted by atomic mass is 16.5. The fraction of sp³-hybridized carbons (Fsp3) is 0.900. The molecular weight excluding hydrogens is 166 g/mol. The quantitative estimate of drug-likeness (QED) is 0.676. The Morgan fingerprint density at radius 3 is 2.08 bits per heavy atom. The third-order valence-electron chi connectivity index (χ3n) is 1.69. The first kappa shape index (κ1) is 14.9. The molecule has 1 amide bonds. The van der Waals surface area contributed by atoms with Crippen LogP contribution in [0.4, 0.5) is 0 Å². The lowest BCUT2D eigenvalue weighted by Gasteiger charge is -2.15. The van der Waals surface area contributed by atoms with E-state index in [9.17, 15) is 4.79 Å². The van der Waals surface area contributed by atoms with Crippen molar-refractivity contribution in [2.75, 3.05) is 21.2 Å². The lowest BCUT2D eigenvalue weighted by molar-refractivity contribution is -0.131. The Hall–Kier alpha value is -0.570. The topological polar surface area (TPSA) is 29.5 Å². The number of carbonyl (C=O) groups excluding carboxylic acids is 1. The van der Waals surface area contributed by atoms with Gasteiger partial charge in [0.05, 0.1) is 12.5 Å². The van der Waals surface area contributed by atoms with Crippen LogP contribution in [0.15, 0.2) is 0 Å². The van der Waals surface area contributed by atoms with E-state index in [2.05, 4.69) is 0 Å². The van der Waals surface area contributed by atoms with Crippen LogP contribution in [-0.4, -0.2) is 38.1 Å². The fourth-order valence-electron chi connectivity index (χ4n) is 0.772. The number of rotatable bonds is 4. The molecule has 80 valence electrons. The highest BCUT2D eigenvalue weighted by Gasteiger charge is 2.11. The molecule has 0 saturated carbocycles. The van der Waals surface area contributed by atoms with Gasteiger partial charge in [0, 0.05) is 21.2 Å². The monoisotopic (exact) mass is 189 g/mol. The Labute approximate surface area is 82.1 Å². The van der Waals surface area contributed by atoms with Crippen LogP contribution >= 0.6 is 0 Å². The molecule has 1 atom stereocenters. The van der Waals surface area contributed by atoms with Gasteiger partial charge in [0.2, 0.25) is 5.91 Å². The van der Waals surface area contributed by atoms with Crippen LogP contribution in [-0.2, 0) is 9.53 Å². The zero-order chi connectivity index (χ0) is 10.9. The molecule has 0 heterocycles. The maximum absolute atomic E-state index is 11.1. The SMILES string of the molecule is CC.CCC(CC(=O)N(C)C)OC. The van der Waals surface area contributed by atoms with Gasteiger partial charge in [-0.2, -0.15) is 0 Å². The molecular formula is C10H23NO2. The Kier molecular flexibility index (Phi) is 10.9. The number of ether oxygens (including phenoxy) is 1. The normalized spacial score (nSPS) is 11.2. The van der Waals surface area contributed by atoms with Gasteiger partial charge in [0.15, 0.2) is 0 Å². The van der Waals surface area contributed by atoms with Crippen molar-refractivity contribution in [1.82, 2.24) is 4.90 Å². The van der Waals surface area contributed by atoms with Crippen molar-refractivity contribution in [3.05, 3.63) is 0 Å². The van der Waals surface area contributed by atoms with Crippen molar-refractivity contribution in [3.8, 4) is 0 Å². The molecule has 0 aromatic heterocycles. The van der Waals surface area contributed by atoms with Crippen LogP contribution in [0, 0.1) is 0 Å². The van der Waals surface area contributed by atoms with Crippen LogP contribution in [0.3, 0.4) is 0 Å². The van der Waals surface area contributed by atoms with E-state index in [1.807, 2.05) is 20.8 Å². The standard InChI is InChI=1S/C8H17NO2.C2H6/c1-5-7(11-4)6-8(10)9(2)3;1-2/h7H,5-6H2,1-4H3;1-2H3. The largest absolute Gasteiger partial charge is 0.381 e. The molecule has 0 aliphatic heterocycles. The highest BCUT2D eigenvalue weighted by Crippen LogP contribution is 2.03. The Morgan fingerprint density at radius 1 is 1.38 bits per heavy atom. The van der Waals surface area contributed by atoms with E-state index >= 15 is 0 Å². The molecule has 0 aliphatic carbocycles. The third-order valence-corrected chi connectivity index (χ3v) is 1.69. The fourth-order valence-corrected chi connectivity index (χ4v) is 0.772. The zero-order valence-corrected chi connectivity index (χ0v) is 9.76. The van der Waals surface area contributed by atoms with Gasteiger partial charge in [-0.3, -0.25) is 4.79 Å². The van der Waals surface area contributed by atoms with E-state index in [0.717, 1.165) is 6.42 Å². The summed E-state index contributed by atoms with van der Waals surface area (Å²) in [6.45, 7) is 6.01. The average Bonchev–Trinajstić information content (AvgIpc) is 2.16. The minimum atomic E-state index is 0.0740. The summed E-state index contributed by atoms with van der Waals surface area (Å²) in [6, 6.07) is 0. The van der Waals surface area contributed by atoms with Gasteiger partial charge in [-0.1, -0.05) is 20.8 Å². The lowest BCUT2D eigenvalue weighted by atomic mass is 10.2. The summed E-state index contributed by atoms with van der Waals surface area (Å²) >= 11 is 0. The van der Waals surface area contributed by atoms with Gasteiger partial charge in [-0.05, 0) is 6.42 Å². The molecule has 3 nitrogen and oxygen atoms in total. The summed E-state index contributed by atoms with van der Waals surface area (Å²) in [7, 11) is 5.15. The summed E-state index contributed by atoms with van der Waals surface area (Å²) in [5.74, 6) is 0.124. The second-order valence-electron chi connectivity index (χ2n) is 2.76. The Bertz CT molecular complexity index is 120. The molecule has 3 heteroatoms. The van der Waals surface area contributed by atoms with E-state index in [1.54, 1.807) is 26.1 Å². The third kappa shape index (κ3) is 7.78. The van der Waals surface area contributed by atoms with Gasteiger partial charge in [0.25, 0.3) is 0 Å². The summed E-state index contributed by atoms with van der Waals surface area (Å²) in [5.41, 5.74) is 0. The average molecular weight is 189 g/mol. The number of hydrogen-bond acceptors (Lipinski definition) is 2. The molecule has 0 aromatic rings. The number of methoxy groups -OCH3 is 1. The number of hydrogen-bond donors (Lipinski definition) is 0. The van der Waals surface area contributed by atoms with Crippen molar-refractivity contribution in [3.63, 3.8) is 0 Å². The first-order chi connectivity index (χ1) is 6.11. The molecule has 1 unspecified atom stereocenters. The summed E-state index contributed by atoms with van der Waals surface area (Å²) < 4.78 is 5.07. The molecule has 0 aromatic carbocycles. The van der Waals surface area contributed by atoms with Crippen molar-refractivity contribution in [2.45, 2.75) is 39.7 Å². The molecule has 13 heavy (non-hydrogen) atoms. The van der Waals surface area contributed by atoms with Gasteiger partial charge in [0.1, 0.15) is 0 Å². The van der Waals surface area contributed by atoms with Crippen LogP contribution in [0.5, 0.6) is 0 Å². The molecule has 0 bridgehead atoms. The van der Waals surface area contributed by atoms with Gasteiger partial charge < -0.3 is 9.64 Å². The second kappa shape index (κ2) is 9.52. The van der Waals surface area contributed by atoms with Crippen LogP contribution in [0.2, 0.25) is 0 Å². The van der Waals surface area contributed by atoms with Gasteiger partial charge in [-0.25, -0.2) is 0 Å². The summed E-state index contributed by atoms with van der Waals surface area (Å²) in [6.07, 6.45) is 1.45. The van der Waals surface area contributed by atoms with E-state index in [-0.39, 0.29) is 12.0 Å². The smallest absolute Gasteiger partial charge is 0.224 e. The molecule has 0 fully saturated rings. The first-order valence-corrected chi connectivity index (χ1v) is 4.84. The summed E-state index contributed by atoms with van der Waals surface area (Å²) in [5, 5.41) is 0. The Morgan fingerprint density at radius 2 is 1.85 bits per heavy atom. The highest BCUT2D eigenvalue weighted by molar-refractivity contribution is 5.76. The van der Waals surface area contributed by atoms with Crippen molar-refractivity contribution in [1.29, 1.82) is 0 Å².